The minimum Gasteiger partial charge on any atom is -0.481 e. The Morgan fingerprint density at radius 1 is 1.42 bits per heavy atom. The van der Waals surface area contributed by atoms with Crippen molar-refractivity contribution in [2.24, 2.45) is 10.8 Å². The third-order valence-electron chi connectivity index (χ3n) is 2.72. The molecule has 2 nitrogen and oxygen atoms in total. The zero-order chi connectivity index (χ0) is 9.57. The van der Waals surface area contributed by atoms with E-state index in [0.29, 0.717) is 0 Å². The smallest absolute Gasteiger partial charge is 0.314 e. The molecule has 1 atom stereocenters. The summed E-state index contributed by atoms with van der Waals surface area (Å²) in [5, 5.41) is 9.04. The molecule has 12 heavy (non-hydrogen) atoms. The van der Waals surface area contributed by atoms with Crippen LogP contribution < -0.4 is 0 Å². The van der Waals surface area contributed by atoms with Gasteiger partial charge in [-0.2, -0.15) is 0 Å². The molecule has 0 amide bonds. The molecule has 1 aliphatic rings. The van der Waals surface area contributed by atoms with Gasteiger partial charge in [-0.15, -0.1) is 0 Å². The highest BCUT2D eigenvalue weighted by molar-refractivity contribution is 5.82. The van der Waals surface area contributed by atoms with Crippen molar-refractivity contribution in [1.29, 1.82) is 0 Å². The lowest BCUT2D eigenvalue weighted by atomic mass is 9.94. The van der Waals surface area contributed by atoms with Gasteiger partial charge >= 0.3 is 5.97 Å². The van der Waals surface area contributed by atoms with Crippen LogP contribution >= 0.6 is 0 Å². The summed E-state index contributed by atoms with van der Waals surface area (Å²) in [6.45, 7) is 7.89. The fourth-order valence-corrected chi connectivity index (χ4v) is 1.82. The van der Waals surface area contributed by atoms with E-state index in [0.717, 1.165) is 12.0 Å². The highest BCUT2D eigenvalue weighted by Crippen LogP contribution is 2.64. The number of aliphatic carboxylic acids is 1. The molecule has 1 aliphatic carbocycles. The maximum Gasteiger partial charge on any atom is 0.314 e. The third kappa shape index (κ3) is 1.15. The van der Waals surface area contributed by atoms with Crippen molar-refractivity contribution in [3.63, 3.8) is 0 Å². The molecule has 0 aliphatic heterocycles. The predicted molar refractivity (Wildman–Crippen MR) is 47.9 cm³/mol. The van der Waals surface area contributed by atoms with Crippen molar-refractivity contribution in [1.82, 2.24) is 0 Å². The summed E-state index contributed by atoms with van der Waals surface area (Å²) in [5.41, 5.74) is 0.449. The number of hydrogen-bond donors (Lipinski definition) is 1. The van der Waals surface area contributed by atoms with Gasteiger partial charge in [0.25, 0.3) is 0 Å². The molecule has 1 unspecified atom stereocenters. The van der Waals surface area contributed by atoms with Gasteiger partial charge in [0.1, 0.15) is 0 Å². The van der Waals surface area contributed by atoms with Gasteiger partial charge in [0.05, 0.1) is 5.41 Å². The van der Waals surface area contributed by atoms with Gasteiger partial charge in [0.15, 0.2) is 0 Å². The van der Waals surface area contributed by atoms with E-state index in [9.17, 15) is 4.79 Å². The summed E-state index contributed by atoms with van der Waals surface area (Å²) in [5.74, 6) is -0.686. The van der Waals surface area contributed by atoms with Crippen LogP contribution in [0.2, 0.25) is 0 Å². The second-order valence-corrected chi connectivity index (χ2v) is 4.56. The summed E-state index contributed by atoms with van der Waals surface area (Å²) in [4.78, 5) is 11.0. The SMILES string of the molecule is CC(C)=CC1(C(=O)O)CC1(C)C. The van der Waals surface area contributed by atoms with Crippen molar-refractivity contribution in [3.05, 3.63) is 11.6 Å². The second kappa shape index (κ2) is 2.35. The fourth-order valence-electron chi connectivity index (χ4n) is 1.82. The lowest BCUT2D eigenvalue weighted by molar-refractivity contribution is -0.142. The molecule has 0 aromatic heterocycles. The average Bonchev–Trinajstić information content (AvgIpc) is 2.33. The van der Waals surface area contributed by atoms with E-state index in [4.69, 9.17) is 5.11 Å². The molecule has 1 rings (SSSR count). The van der Waals surface area contributed by atoms with Crippen molar-refractivity contribution >= 4 is 5.97 Å². The van der Waals surface area contributed by atoms with Crippen LogP contribution in [0.5, 0.6) is 0 Å². The van der Waals surface area contributed by atoms with Crippen LogP contribution in [0.1, 0.15) is 34.1 Å². The molecular formula is C10H16O2. The molecule has 0 aromatic carbocycles. The van der Waals surface area contributed by atoms with Crippen LogP contribution in [0.3, 0.4) is 0 Å². The molecule has 0 radical (unpaired) electrons. The Hall–Kier alpha value is -0.790. The van der Waals surface area contributed by atoms with Gasteiger partial charge in [-0.3, -0.25) is 4.79 Å². The Kier molecular flexibility index (Phi) is 1.82. The van der Waals surface area contributed by atoms with Crippen LogP contribution in [0.15, 0.2) is 11.6 Å². The molecule has 1 fully saturated rings. The number of hydrogen-bond acceptors (Lipinski definition) is 1. The van der Waals surface area contributed by atoms with E-state index in [1.54, 1.807) is 0 Å². The zero-order valence-electron chi connectivity index (χ0n) is 8.14. The highest BCUT2D eigenvalue weighted by atomic mass is 16.4. The quantitative estimate of drug-likeness (QED) is 0.643. The summed E-state index contributed by atoms with van der Waals surface area (Å²) in [7, 11) is 0. The van der Waals surface area contributed by atoms with Crippen LogP contribution in [0, 0.1) is 10.8 Å². The highest BCUT2D eigenvalue weighted by Gasteiger charge is 2.65. The number of carbonyl (C=O) groups is 1. The molecule has 68 valence electrons. The van der Waals surface area contributed by atoms with E-state index in [1.807, 2.05) is 33.8 Å². The van der Waals surface area contributed by atoms with Gasteiger partial charge in [-0.1, -0.05) is 25.5 Å². The molecule has 2 heteroatoms. The van der Waals surface area contributed by atoms with Gasteiger partial charge in [0, 0.05) is 0 Å². The average molecular weight is 168 g/mol. The molecule has 0 aromatic rings. The van der Waals surface area contributed by atoms with Gasteiger partial charge in [-0.05, 0) is 25.7 Å². The zero-order valence-corrected chi connectivity index (χ0v) is 8.14. The molecule has 0 heterocycles. The first-order valence-corrected chi connectivity index (χ1v) is 4.21. The lowest BCUT2D eigenvalue weighted by Crippen LogP contribution is -2.18. The minimum absolute atomic E-state index is 0.0594. The normalized spacial score (nSPS) is 31.0. The van der Waals surface area contributed by atoms with Crippen LogP contribution in [-0.4, -0.2) is 11.1 Å². The summed E-state index contributed by atoms with van der Waals surface area (Å²) in [6.07, 6.45) is 2.65. The Morgan fingerprint density at radius 3 is 1.92 bits per heavy atom. The number of carboxylic acid groups (broad SMARTS) is 1. The summed E-state index contributed by atoms with van der Waals surface area (Å²) >= 11 is 0. The van der Waals surface area contributed by atoms with Gasteiger partial charge in [0.2, 0.25) is 0 Å². The number of rotatable bonds is 2. The molecule has 0 saturated heterocycles. The molecule has 0 bridgehead atoms. The predicted octanol–water partition coefficient (Wildman–Crippen LogP) is 2.45. The largest absolute Gasteiger partial charge is 0.481 e. The Bertz CT molecular complexity index is 247. The van der Waals surface area contributed by atoms with E-state index in [1.165, 1.54) is 0 Å². The van der Waals surface area contributed by atoms with E-state index >= 15 is 0 Å². The van der Waals surface area contributed by atoms with Crippen molar-refractivity contribution in [3.8, 4) is 0 Å². The Balaban J connectivity index is 2.95. The van der Waals surface area contributed by atoms with Crippen molar-refractivity contribution in [2.75, 3.05) is 0 Å². The first kappa shape index (κ1) is 9.30. The molecule has 0 spiro atoms. The van der Waals surface area contributed by atoms with E-state index in [-0.39, 0.29) is 5.41 Å². The lowest BCUT2D eigenvalue weighted by Gasteiger charge is -2.10. The maximum atomic E-state index is 11.0. The monoisotopic (exact) mass is 168 g/mol. The number of carboxylic acids is 1. The fraction of sp³-hybridized carbons (Fsp3) is 0.700. The van der Waals surface area contributed by atoms with Gasteiger partial charge < -0.3 is 5.11 Å². The summed E-state index contributed by atoms with van der Waals surface area (Å²) < 4.78 is 0. The third-order valence-corrected chi connectivity index (χ3v) is 2.72. The minimum atomic E-state index is -0.686. The summed E-state index contributed by atoms with van der Waals surface area (Å²) in [6, 6.07) is 0. The molecule has 1 saturated carbocycles. The maximum absolute atomic E-state index is 11.0. The first-order valence-electron chi connectivity index (χ1n) is 4.21. The van der Waals surface area contributed by atoms with E-state index < -0.39 is 11.4 Å². The Morgan fingerprint density at radius 2 is 1.83 bits per heavy atom. The molecular weight excluding hydrogens is 152 g/mol. The standard InChI is InChI=1S/C10H16O2/c1-7(2)5-10(8(11)12)6-9(10,3)4/h5H,6H2,1-4H3,(H,11,12). The van der Waals surface area contributed by atoms with Gasteiger partial charge in [-0.25, -0.2) is 0 Å². The van der Waals surface area contributed by atoms with Crippen LogP contribution in [0.25, 0.3) is 0 Å². The first-order chi connectivity index (χ1) is 5.32. The van der Waals surface area contributed by atoms with Crippen molar-refractivity contribution in [2.45, 2.75) is 34.1 Å². The molecule has 1 N–H and O–H groups in total. The van der Waals surface area contributed by atoms with E-state index in [2.05, 4.69) is 0 Å². The van der Waals surface area contributed by atoms with Crippen LogP contribution in [-0.2, 0) is 4.79 Å². The second-order valence-electron chi connectivity index (χ2n) is 4.56. The number of allylic oxidation sites excluding steroid dienone is 1. The topological polar surface area (TPSA) is 37.3 Å². The van der Waals surface area contributed by atoms with Crippen LogP contribution in [0.4, 0.5) is 0 Å². The Labute approximate surface area is 73.3 Å². The van der Waals surface area contributed by atoms with Crippen molar-refractivity contribution < 1.29 is 9.90 Å².